The summed E-state index contributed by atoms with van der Waals surface area (Å²) >= 11 is 5.80. The maximum atomic E-state index is 5.66. The third-order valence-corrected chi connectivity index (χ3v) is 23.8. The fourth-order valence-electron chi connectivity index (χ4n) is 15.4. The summed E-state index contributed by atoms with van der Waals surface area (Å²) in [5.41, 5.74) is 21.6. The number of H-pyrrole nitrogens is 4. The number of likely N-dealkylation sites (N-methyl/N-ethyl adjacent to an activating group) is 1. The molecule has 33 nitrogen and oxygen atoms in total. The van der Waals surface area contributed by atoms with Gasteiger partial charge in [-0.25, -0.2) is 39.9 Å². The van der Waals surface area contributed by atoms with Crippen molar-refractivity contribution in [1.82, 2.24) is 135 Å². The summed E-state index contributed by atoms with van der Waals surface area (Å²) in [6.45, 7) is 17.0. The van der Waals surface area contributed by atoms with Crippen LogP contribution in [0.15, 0.2) is 148 Å². The number of nitrogens with one attached hydrogen (secondary N) is 8. The number of aromatic nitrogens is 24. The van der Waals surface area contributed by atoms with E-state index in [0.29, 0.717) is 19.0 Å². The van der Waals surface area contributed by atoms with E-state index in [4.69, 9.17) is 9.11 Å². The van der Waals surface area contributed by atoms with Crippen LogP contribution in [0.2, 0.25) is 0 Å². The maximum Gasteiger partial charge on any atom is 0.180 e. The van der Waals surface area contributed by atoms with Crippen LogP contribution >= 0.6 is 46.1 Å². The lowest BCUT2D eigenvalue weighted by atomic mass is 10.0. The number of aromatic amines is 4. The number of benzene rings is 1. The van der Waals surface area contributed by atoms with E-state index in [1.54, 1.807) is 24.8 Å². The van der Waals surface area contributed by atoms with Gasteiger partial charge >= 0.3 is 0 Å². The first kappa shape index (κ1) is 75.4. The minimum absolute atomic E-state index is 0.497. The quantitative estimate of drug-likeness (QED) is 0.0276. The molecule has 0 radical (unpaired) electrons. The highest BCUT2D eigenvalue weighted by Crippen LogP contribution is 2.40. The predicted octanol–water partition coefficient (Wildman–Crippen LogP) is 14.2. The number of hydrogen-bond acceptors (Lipinski definition) is 29. The number of ether oxygens (including phenoxy) is 1. The number of hydrogen-bond donors (Lipinski definition) is 8. The van der Waals surface area contributed by atoms with Gasteiger partial charge in [0.25, 0.3) is 0 Å². The number of nitrogens with zero attached hydrogens (tertiary/aromatic N) is 24. The van der Waals surface area contributed by atoms with Gasteiger partial charge in [0.2, 0.25) is 0 Å². The van der Waals surface area contributed by atoms with Crippen molar-refractivity contribution in [3.05, 3.63) is 204 Å². The second kappa shape index (κ2) is 33.9. The molecule has 4 aliphatic heterocycles. The molecule has 116 heavy (non-hydrogen) atoms. The number of piperidine rings is 1. The summed E-state index contributed by atoms with van der Waals surface area (Å²) in [4.78, 5) is 46.6. The van der Waals surface area contributed by atoms with Gasteiger partial charge < -0.3 is 30.9 Å². The fourth-order valence-corrected chi connectivity index (χ4v) is 18.0. The first-order valence-corrected chi connectivity index (χ1v) is 41.7. The lowest BCUT2D eigenvalue weighted by Gasteiger charge is -2.25. The van der Waals surface area contributed by atoms with Crippen LogP contribution in [0.5, 0.6) is 0 Å². The van der Waals surface area contributed by atoms with Gasteiger partial charge in [0.15, 0.2) is 45.9 Å². The second-order valence-electron chi connectivity index (χ2n) is 29.7. The molecule has 592 valence electrons. The average molecular weight is 1630 g/mol. The van der Waals surface area contributed by atoms with Gasteiger partial charge in [0.1, 0.15) is 20.0 Å². The van der Waals surface area contributed by atoms with Crippen molar-refractivity contribution in [2.45, 2.75) is 124 Å². The molecule has 8 N–H and O–H groups in total. The predicted molar refractivity (Wildman–Crippen MR) is 451 cm³/mol. The van der Waals surface area contributed by atoms with Crippen LogP contribution in [0, 0.1) is 27.7 Å². The number of aryl methyl sites for hydroxylation is 4. The molecular formula is C79H86N32OS4. The third-order valence-electron chi connectivity index (χ3n) is 20.8. The van der Waals surface area contributed by atoms with Crippen molar-refractivity contribution in [3.63, 3.8) is 0 Å². The molecule has 20 heterocycles. The van der Waals surface area contributed by atoms with Crippen molar-refractivity contribution >= 4 is 112 Å². The lowest BCUT2D eigenvalue weighted by Crippen LogP contribution is -2.29. The highest BCUT2D eigenvalue weighted by molar-refractivity contribution is 7.11. The zero-order valence-electron chi connectivity index (χ0n) is 64.8. The number of anilines is 8. The Hall–Kier alpha value is -11.9. The monoisotopic (exact) mass is 1630 g/mol. The van der Waals surface area contributed by atoms with E-state index in [0.717, 1.165) is 202 Å². The standard InChI is InChI=1S/C22H20N8S.C20H22N8S.C19H22N8S.C18H22N8OS/c1-14-10-30-19(17-7-24-25-8-17)9-23-22(30)21(26-14)27-20-6-18(28-31-20)13-29-11-15-4-2-3-5-16(15)12-29;1-12-10-28-17(13-7-22-23-8-13)9-21-20(28)19(24-12)25-18-6-14(26-29-18)11-27-15-2-3-16(27)5-4-15;1-13-11-27-16(14-8-21-22-9-14)10-20-19(27)18(23-13)24-17-7-15(25-28-17)12-26-5-3-2-4-6-26;1-12-10-26-15(13-7-20-21-8-13)9-19-18(26)17(22-12)23-16-6-14(24-28-16)11-27-5-4-25(2)3/h2-10H,11-13H2,1H3,(H,24,25)(H,26,27);6-10,15-16H,2-5,11H2,1H3,(H,22,23)(H,24,25);7-11H,2-6,12H2,1H3,(H,21,22)(H,23,24);6-10H,4-5,11H2,1-3H3,(H,20,21)(H,22,23). The SMILES string of the molecule is Cc1cn2c(-c3cn[nH]c3)cnc2c(Nc2cc(CN3C4CCC3CC4)ns2)n1.Cc1cn2c(-c3cn[nH]c3)cnc2c(Nc2cc(CN3CCCCC3)ns2)n1.Cc1cn2c(-c3cn[nH]c3)cnc2c(Nc2cc(CN3Cc4ccccc4C3)ns2)n1.Cc1cn2c(-c3cn[nH]c3)cnc2c(Nc2cc(COCCN(C)C)ns2)n1. The minimum atomic E-state index is 0.497. The fraction of sp³-hybridized carbons (Fsp3) is 0.316. The van der Waals surface area contributed by atoms with Gasteiger partial charge in [-0.1, -0.05) is 30.7 Å². The molecule has 3 saturated heterocycles. The maximum absolute atomic E-state index is 5.66. The molecule has 21 rings (SSSR count). The Labute approximate surface area is 682 Å². The zero-order chi connectivity index (χ0) is 78.6. The molecule has 0 unspecified atom stereocenters. The Morgan fingerprint density at radius 1 is 0.431 bits per heavy atom. The molecule has 0 saturated carbocycles. The minimum Gasteiger partial charge on any atom is -0.374 e. The van der Waals surface area contributed by atoms with Crippen LogP contribution in [0.3, 0.4) is 0 Å². The van der Waals surface area contributed by atoms with E-state index in [1.807, 2.05) is 135 Å². The van der Waals surface area contributed by atoms with Gasteiger partial charge in [-0.2, -0.15) is 37.9 Å². The zero-order valence-corrected chi connectivity index (χ0v) is 68.1. The van der Waals surface area contributed by atoms with E-state index in [-0.39, 0.29) is 0 Å². The number of fused-ring (bicyclic) bond motifs is 7. The van der Waals surface area contributed by atoms with E-state index in [2.05, 4.69) is 182 Å². The van der Waals surface area contributed by atoms with Crippen LogP contribution in [-0.4, -0.2) is 188 Å². The lowest BCUT2D eigenvalue weighted by molar-refractivity contribution is 0.103. The Bertz CT molecular complexity index is 6090. The van der Waals surface area contributed by atoms with Gasteiger partial charge in [0, 0.05) is 123 Å². The van der Waals surface area contributed by atoms with Crippen molar-refractivity contribution in [2.24, 2.45) is 0 Å². The summed E-state index contributed by atoms with van der Waals surface area (Å²) in [5, 5.41) is 45.1. The molecule has 2 bridgehead atoms. The molecule has 3 fully saturated rings. The Kier molecular flexibility index (Phi) is 22.0. The number of rotatable bonds is 23. The Morgan fingerprint density at radius 2 is 0.776 bits per heavy atom. The first-order chi connectivity index (χ1) is 56.8. The molecule has 37 heteroatoms. The Morgan fingerprint density at radius 3 is 1.13 bits per heavy atom. The summed E-state index contributed by atoms with van der Waals surface area (Å²) < 4.78 is 32.2. The highest BCUT2D eigenvalue weighted by Gasteiger charge is 2.39. The van der Waals surface area contributed by atoms with Crippen LogP contribution in [-0.2, 0) is 44.1 Å². The van der Waals surface area contributed by atoms with Gasteiger partial charge in [0.05, 0.1) is 131 Å². The normalized spacial score (nSPS) is 15.5. The van der Waals surface area contributed by atoms with Gasteiger partial charge in [-0.3, -0.25) is 52.7 Å². The number of imidazole rings is 4. The van der Waals surface area contributed by atoms with E-state index in [9.17, 15) is 0 Å². The smallest absolute Gasteiger partial charge is 0.180 e. The van der Waals surface area contributed by atoms with Gasteiger partial charge in [-0.15, -0.1) is 0 Å². The van der Waals surface area contributed by atoms with Crippen LogP contribution in [0.4, 0.5) is 43.3 Å². The van der Waals surface area contributed by atoms with Crippen molar-refractivity contribution in [2.75, 3.05) is 61.6 Å². The van der Waals surface area contributed by atoms with Gasteiger partial charge in [-0.05, 0) is 175 Å². The molecule has 4 aliphatic rings. The third kappa shape index (κ3) is 16.9. The molecule has 17 aromatic rings. The van der Waals surface area contributed by atoms with Crippen LogP contribution in [0.1, 0.15) is 102 Å². The summed E-state index contributed by atoms with van der Waals surface area (Å²) in [6.07, 6.45) is 39.2. The Balaban J connectivity index is 0.000000107. The second-order valence-corrected chi connectivity index (χ2v) is 32.9. The topological polar surface area (TPSA) is 357 Å². The summed E-state index contributed by atoms with van der Waals surface area (Å²) in [5.74, 6) is 2.90. The summed E-state index contributed by atoms with van der Waals surface area (Å²) in [6, 6.07) is 18.5. The van der Waals surface area contributed by atoms with Crippen molar-refractivity contribution < 1.29 is 4.74 Å². The molecular weight excluding hydrogens is 1540 g/mol. The van der Waals surface area contributed by atoms with Crippen molar-refractivity contribution in [3.8, 4) is 45.0 Å². The average Bonchev–Trinajstić information content (AvgIpc) is 1.65. The van der Waals surface area contributed by atoms with E-state index >= 15 is 0 Å². The van der Waals surface area contributed by atoms with Crippen molar-refractivity contribution in [1.29, 1.82) is 0 Å². The number of likely N-dealkylation sites (tertiary alicyclic amines) is 1. The molecule has 16 aromatic heterocycles. The molecule has 1 aromatic carbocycles. The van der Waals surface area contributed by atoms with E-state index < -0.39 is 0 Å². The molecule has 0 atom stereocenters. The molecule has 0 amide bonds. The first-order valence-electron chi connectivity index (χ1n) is 38.6. The largest absolute Gasteiger partial charge is 0.374 e. The van der Waals surface area contributed by atoms with Crippen LogP contribution in [0.25, 0.3) is 67.6 Å². The van der Waals surface area contributed by atoms with Crippen LogP contribution < -0.4 is 21.3 Å². The summed E-state index contributed by atoms with van der Waals surface area (Å²) in [7, 11) is 4.05. The molecule has 0 spiro atoms. The highest BCUT2D eigenvalue weighted by atomic mass is 32.1. The van der Waals surface area contributed by atoms with E-state index in [1.165, 1.54) is 115 Å². The molecule has 0 aliphatic carbocycles.